The van der Waals surface area contributed by atoms with Crippen molar-refractivity contribution in [1.82, 2.24) is 10.2 Å². The first kappa shape index (κ1) is 10.4. The van der Waals surface area contributed by atoms with E-state index < -0.39 is 0 Å². The molecule has 0 radical (unpaired) electrons. The number of rotatable bonds is 0. The molecule has 2 heterocycles. The lowest BCUT2D eigenvalue weighted by atomic mass is 10.0. The topological polar surface area (TPSA) is 61.7 Å². The van der Waals surface area contributed by atoms with Gasteiger partial charge in [0.2, 0.25) is 0 Å². The maximum Gasteiger partial charge on any atom is 0.166 e. The molecule has 0 fully saturated rings. The van der Waals surface area contributed by atoms with Crippen LogP contribution in [0.4, 0.5) is 0 Å². The average Bonchev–Trinajstić information content (AvgIpc) is 2.66. The molecule has 0 aliphatic carbocycles. The maximum absolute atomic E-state index is 8.99. The first-order valence-corrected chi connectivity index (χ1v) is 5.99. The van der Waals surface area contributed by atoms with E-state index in [9.17, 15) is 0 Å². The number of aromatic nitrogens is 2. The number of H-pyrrole nitrogens is 1. The summed E-state index contributed by atoms with van der Waals surface area (Å²) in [5.74, 6) is 0.820. The highest BCUT2D eigenvalue weighted by molar-refractivity contribution is 9.10. The van der Waals surface area contributed by atoms with Crippen LogP contribution in [0, 0.1) is 11.3 Å². The molecule has 0 saturated heterocycles. The maximum atomic E-state index is 8.99. The molecule has 2 aromatic rings. The summed E-state index contributed by atoms with van der Waals surface area (Å²) < 4.78 is 6.64. The van der Waals surface area contributed by atoms with Crippen molar-refractivity contribution in [3.63, 3.8) is 0 Å². The second kappa shape index (κ2) is 3.90. The van der Waals surface area contributed by atoms with Gasteiger partial charge in [0.25, 0.3) is 0 Å². The molecule has 0 amide bonds. The Labute approximate surface area is 106 Å². The molecule has 1 aliphatic rings. The van der Waals surface area contributed by atoms with Gasteiger partial charge in [-0.1, -0.05) is 15.9 Å². The van der Waals surface area contributed by atoms with Crippen LogP contribution in [0.1, 0.15) is 11.3 Å². The number of nitrogens with one attached hydrogen (secondary N) is 1. The van der Waals surface area contributed by atoms with Gasteiger partial charge in [-0.05, 0) is 18.2 Å². The van der Waals surface area contributed by atoms with Gasteiger partial charge in [-0.15, -0.1) is 0 Å². The number of hydrogen-bond donors (Lipinski definition) is 1. The first-order valence-electron chi connectivity index (χ1n) is 5.19. The van der Waals surface area contributed by atoms with Crippen LogP contribution in [-0.4, -0.2) is 16.8 Å². The molecule has 1 N–H and O–H groups in total. The Balaban J connectivity index is 2.27. The average molecular weight is 290 g/mol. The fourth-order valence-electron chi connectivity index (χ4n) is 2.01. The fraction of sp³-hybridized carbons (Fsp3) is 0.167. The number of aromatic amines is 1. The van der Waals surface area contributed by atoms with E-state index in [1.54, 1.807) is 0 Å². The van der Waals surface area contributed by atoms with Gasteiger partial charge in [0.05, 0.1) is 12.3 Å². The molecule has 5 heteroatoms. The van der Waals surface area contributed by atoms with Crippen molar-refractivity contribution in [2.24, 2.45) is 0 Å². The van der Waals surface area contributed by atoms with Crippen molar-refractivity contribution >= 4 is 15.9 Å². The van der Waals surface area contributed by atoms with E-state index in [1.165, 1.54) is 0 Å². The van der Waals surface area contributed by atoms with E-state index in [4.69, 9.17) is 10.00 Å². The third-order valence-corrected chi connectivity index (χ3v) is 3.29. The zero-order valence-electron chi connectivity index (χ0n) is 8.83. The molecular weight excluding hydrogens is 282 g/mol. The predicted octanol–water partition coefficient (Wildman–Crippen LogP) is 2.65. The molecule has 0 bridgehead atoms. The molecule has 0 saturated carbocycles. The van der Waals surface area contributed by atoms with E-state index >= 15 is 0 Å². The van der Waals surface area contributed by atoms with Crippen molar-refractivity contribution in [3.05, 3.63) is 33.9 Å². The number of fused-ring (bicyclic) bond motifs is 3. The van der Waals surface area contributed by atoms with Crippen molar-refractivity contribution in [2.75, 3.05) is 6.61 Å². The summed E-state index contributed by atoms with van der Waals surface area (Å²) in [6.45, 7) is 0.565. The highest BCUT2D eigenvalue weighted by Gasteiger charge is 2.21. The second-order valence-electron chi connectivity index (χ2n) is 3.78. The molecule has 4 nitrogen and oxygen atoms in total. The third-order valence-electron chi connectivity index (χ3n) is 2.79. The van der Waals surface area contributed by atoms with Gasteiger partial charge in [-0.3, -0.25) is 5.10 Å². The Hall–Kier alpha value is -1.80. The van der Waals surface area contributed by atoms with Gasteiger partial charge in [-0.2, -0.15) is 10.4 Å². The Morgan fingerprint density at radius 3 is 3.18 bits per heavy atom. The lowest BCUT2D eigenvalue weighted by Crippen LogP contribution is -1.99. The van der Waals surface area contributed by atoms with Crippen molar-refractivity contribution in [3.8, 4) is 23.1 Å². The van der Waals surface area contributed by atoms with Gasteiger partial charge < -0.3 is 4.74 Å². The number of ether oxygens (including phenoxy) is 1. The standard InChI is InChI=1S/C12H8BrN3O/c13-7-1-2-11-9(5-7)12-8(3-4-17-11)10(6-14)15-16-12/h1-2,5H,3-4H2,(H,15,16). The van der Waals surface area contributed by atoms with Crippen LogP contribution in [0.15, 0.2) is 22.7 Å². The summed E-state index contributed by atoms with van der Waals surface area (Å²) in [5, 5.41) is 16.0. The summed E-state index contributed by atoms with van der Waals surface area (Å²) in [6.07, 6.45) is 0.695. The summed E-state index contributed by atoms with van der Waals surface area (Å²) in [7, 11) is 0. The molecule has 1 aromatic heterocycles. The second-order valence-corrected chi connectivity index (χ2v) is 4.69. The van der Waals surface area contributed by atoms with E-state index in [0.717, 1.165) is 27.0 Å². The van der Waals surface area contributed by atoms with Crippen LogP contribution in [0.5, 0.6) is 5.75 Å². The number of halogens is 1. The molecule has 84 valence electrons. The Kier molecular flexibility index (Phi) is 2.37. The van der Waals surface area contributed by atoms with Gasteiger partial charge in [0, 0.05) is 22.0 Å². The smallest absolute Gasteiger partial charge is 0.166 e. The number of nitrogens with zero attached hydrogens (tertiary/aromatic N) is 2. The van der Waals surface area contributed by atoms with Crippen LogP contribution < -0.4 is 4.74 Å². The number of benzene rings is 1. The van der Waals surface area contributed by atoms with Crippen LogP contribution in [0.2, 0.25) is 0 Å². The SMILES string of the molecule is N#Cc1n[nH]c2c1CCOc1ccc(Br)cc1-2. The van der Waals surface area contributed by atoms with Gasteiger partial charge in [0.1, 0.15) is 11.8 Å². The lowest BCUT2D eigenvalue weighted by Gasteiger charge is -2.06. The largest absolute Gasteiger partial charge is 0.493 e. The first-order chi connectivity index (χ1) is 8.29. The fourth-order valence-corrected chi connectivity index (χ4v) is 2.37. The van der Waals surface area contributed by atoms with E-state index in [2.05, 4.69) is 32.2 Å². The quantitative estimate of drug-likeness (QED) is 0.811. The van der Waals surface area contributed by atoms with Crippen LogP contribution >= 0.6 is 15.9 Å². The van der Waals surface area contributed by atoms with Gasteiger partial charge in [-0.25, -0.2) is 0 Å². The zero-order chi connectivity index (χ0) is 11.8. The Morgan fingerprint density at radius 1 is 1.47 bits per heavy atom. The third kappa shape index (κ3) is 1.61. The van der Waals surface area contributed by atoms with Crippen LogP contribution in [0.3, 0.4) is 0 Å². The molecule has 1 aliphatic heterocycles. The van der Waals surface area contributed by atoms with Crippen LogP contribution in [0.25, 0.3) is 11.3 Å². The minimum atomic E-state index is 0.455. The summed E-state index contributed by atoms with van der Waals surface area (Å²) in [4.78, 5) is 0. The zero-order valence-corrected chi connectivity index (χ0v) is 10.4. The Morgan fingerprint density at radius 2 is 2.35 bits per heavy atom. The summed E-state index contributed by atoms with van der Waals surface area (Å²) >= 11 is 3.44. The van der Waals surface area contributed by atoms with Crippen LogP contribution in [-0.2, 0) is 6.42 Å². The molecule has 17 heavy (non-hydrogen) atoms. The summed E-state index contributed by atoms with van der Waals surface area (Å²) in [5.41, 5.74) is 3.22. The highest BCUT2D eigenvalue weighted by Crippen LogP contribution is 2.36. The molecule has 1 aromatic carbocycles. The monoisotopic (exact) mass is 289 g/mol. The number of nitriles is 1. The van der Waals surface area contributed by atoms with Crippen molar-refractivity contribution < 1.29 is 4.74 Å². The predicted molar refractivity (Wildman–Crippen MR) is 65.6 cm³/mol. The van der Waals surface area contributed by atoms with E-state index in [0.29, 0.717) is 18.7 Å². The number of hydrogen-bond acceptors (Lipinski definition) is 3. The normalized spacial score (nSPS) is 12.9. The molecule has 0 atom stereocenters. The molecular formula is C12H8BrN3O. The van der Waals surface area contributed by atoms with Gasteiger partial charge in [0.15, 0.2) is 5.69 Å². The van der Waals surface area contributed by atoms with Gasteiger partial charge >= 0.3 is 0 Å². The minimum absolute atomic E-state index is 0.455. The van der Waals surface area contributed by atoms with E-state index in [1.807, 2.05) is 18.2 Å². The van der Waals surface area contributed by atoms with E-state index in [-0.39, 0.29) is 0 Å². The lowest BCUT2D eigenvalue weighted by molar-refractivity contribution is 0.326. The molecule has 0 unspecified atom stereocenters. The molecule has 3 rings (SSSR count). The molecule has 0 spiro atoms. The highest BCUT2D eigenvalue weighted by atomic mass is 79.9. The minimum Gasteiger partial charge on any atom is -0.493 e. The van der Waals surface area contributed by atoms with Crippen molar-refractivity contribution in [2.45, 2.75) is 6.42 Å². The summed E-state index contributed by atoms with van der Waals surface area (Å²) in [6, 6.07) is 7.92. The van der Waals surface area contributed by atoms with Crippen molar-refractivity contribution in [1.29, 1.82) is 5.26 Å². The Bertz CT molecular complexity index is 627.